The molecular formula is C18H17ClN2O2. The molecule has 0 aliphatic carbocycles. The van der Waals surface area contributed by atoms with Crippen molar-refractivity contribution in [2.45, 2.75) is 25.8 Å². The summed E-state index contributed by atoms with van der Waals surface area (Å²) in [5.41, 5.74) is 2.57. The van der Waals surface area contributed by atoms with E-state index in [9.17, 15) is 9.59 Å². The van der Waals surface area contributed by atoms with Crippen molar-refractivity contribution < 1.29 is 9.59 Å². The van der Waals surface area contributed by atoms with Gasteiger partial charge in [0, 0.05) is 10.7 Å². The highest BCUT2D eigenvalue weighted by Gasteiger charge is 2.39. The van der Waals surface area contributed by atoms with Crippen molar-refractivity contribution in [1.29, 1.82) is 0 Å². The number of carbonyl (C=O) groups is 2. The standard InChI is InChI=1S/C18H17ClN2O2/c1-2-12-6-8-14(9-7-12)20-16-11-17(22)21(18(16)23)15-5-3-4-13(19)10-15/h3-10,16,20H,2,11H2,1H3/t16-/m1/s1. The van der Waals surface area contributed by atoms with Crippen molar-refractivity contribution in [3.63, 3.8) is 0 Å². The predicted molar refractivity (Wildman–Crippen MR) is 91.8 cm³/mol. The highest BCUT2D eigenvalue weighted by Crippen LogP contribution is 2.27. The number of hydrogen-bond donors (Lipinski definition) is 1. The Hall–Kier alpha value is -2.33. The van der Waals surface area contributed by atoms with Gasteiger partial charge in [-0.25, -0.2) is 4.90 Å². The van der Waals surface area contributed by atoms with E-state index in [1.54, 1.807) is 24.3 Å². The molecule has 0 aromatic heterocycles. The number of nitrogens with zero attached hydrogens (tertiary/aromatic N) is 1. The van der Waals surface area contributed by atoms with E-state index in [1.165, 1.54) is 10.5 Å². The Kier molecular flexibility index (Phi) is 4.35. The molecule has 3 rings (SSSR count). The molecule has 1 saturated heterocycles. The third-order valence-electron chi connectivity index (χ3n) is 3.92. The average Bonchev–Trinajstić information content (AvgIpc) is 2.82. The van der Waals surface area contributed by atoms with Gasteiger partial charge in [-0.05, 0) is 42.3 Å². The molecule has 5 heteroatoms. The molecule has 2 aromatic carbocycles. The van der Waals surface area contributed by atoms with Gasteiger partial charge in [-0.1, -0.05) is 36.7 Å². The molecule has 4 nitrogen and oxygen atoms in total. The van der Waals surface area contributed by atoms with Crippen LogP contribution in [-0.2, 0) is 16.0 Å². The molecule has 1 fully saturated rings. The van der Waals surface area contributed by atoms with Crippen LogP contribution < -0.4 is 10.2 Å². The summed E-state index contributed by atoms with van der Waals surface area (Å²) >= 11 is 5.95. The molecule has 1 N–H and O–H groups in total. The summed E-state index contributed by atoms with van der Waals surface area (Å²) in [5.74, 6) is -0.475. The van der Waals surface area contributed by atoms with Crippen molar-refractivity contribution in [3.8, 4) is 0 Å². The van der Waals surface area contributed by atoms with Crippen molar-refractivity contribution in [2.75, 3.05) is 10.2 Å². The van der Waals surface area contributed by atoms with Gasteiger partial charge in [-0.2, -0.15) is 0 Å². The van der Waals surface area contributed by atoms with Crippen LogP contribution in [0.15, 0.2) is 48.5 Å². The fourth-order valence-electron chi connectivity index (χ4n) is 2.67. The fraction of sp³-hybridized carbons (Fsp3) is 0.222. The van der Waals surface area contributed by atoms with E-state index in [4.69, 9.17) is 11.6 Å². The molecule has 118 valence electrons. The van der Waals surface area contributed by atoms with Crippen LogP contribution in [0.4, 0.5) is 11.4 Å². The minimum Gasteiger partial charge on any atom is -0.373 e. The second-order valence-electron chi connectivity index (χ2n) is 5.50. The summed E-state index contributed by atoms with van der Waals surface area (Å²) in [6.45, 7) is 2.09. The number of carbonyl (C=O) groups excluding carboxylic acids is 2. The lowest BCUT2D eigenvalue weighted by molar-refractivity contribution is -0.121. The lowest BCUT2D eigenvalue weighted by atomic mass is 10.1. The maximum Gasteiger partial charge on any atom is 0.256 e. The maximum atomic E-state index is 12.6. The maximum absolute atomic E-state index is 12.6. The smallest absolute Gasteiger partial charge is 0.256 e. The Labute approximate surface area is 140 Å². The van der Waals surface area contributed by atoms with Gasteiger partial charge in [-0.15, -0.1) is 0 Å². The van der Waals surface area contributed by atoms with Gasteiger partial charge in [0.15, 0.2) is 0 Å². The van der Waals surface area contributed by atoms with Gasteiger partial charge in [0.25, 0.3) is 5.91 Å². The molecule has 0 unspecified atom stereocenters. The predicted octanol–water partition coefficient (Wildman–Crippen LogP) is 3.65. The first kappa shape index (κ1) is 15.6. The van der Waals surface area contributed by atoms with Gasteiger partial charge < -0.3 is 5.32 Å². The lowest BCUT2D eigenvalue weighted by Crippen LogP contribution is -2.34. The van der Waals surface area contributed by atoms with Crippen molar-refractivity contribution in [1.82, 2.24) is 0 Å². The first-order valence-corrected chi connectivity index (χ1v) is 7.94. The molecule has 0 radical (unpaired) electrons. The highest BCUT2D eigenvalue weighted by atomic mass is 35.5. The molecule has 1 heterocycles. The van der Waals surface area contributed by atoms with E-state index in [2.05, 4.69) is 12.2 Å². The Balaban J connectivity index is 1.78. The van der Waals surface area contributed by atoms with Crippen LogP contribution in [0.5, 0.6) is 0 Å². The number of benzene rings is 2. The third kappa shape index (κ3) is 3.22. The molecule has 1 atom stereocenters. The van der Waals surface area contributed by atoms with Crippen LogP contribution in [0.2, 0.25) is 5.02 Å². The van der Waals surface area contributed by atoms with Gasteiger partial charge in [0.05, 0.1) is 12.1 Å². The van der Waals surface area contributed by atoms with Crippen LogP contribution in [0, 0.1) is 0 Å². The summed E-state index contributed by atoms with van der Waals surface area (Å²) in [6, 6.07) is 14.1. The van der Waals surface area contributed by atoms with E-state index < -0.39 is 6.04 Å². The van der Waals surface area contributed by atoms with Crippen molar-refractivity contribution >= 4 is 34.8 Å². The van der Waals surface area contributed by atoms with Gasteiger partial charge in [0.2, 0.25) is 5.91 Å². The SMILES string of the molecule is CCc1ccc(N[C@@H]2CC(=O)N(c3cccc(Cl)c3)C2=O)cc1. The van der Waals surface area contributed by atoms with Gasteiger partial charge >= 0.3 is 0 Å². The molecule has 0 bridgehead atoms. The zero-order chi connectivity index (χ0) is 16.4. The summed E-state index contributed by atoms with van der Waals surface area (Å²) < 4.78 is 0. The van der Waals surface area contributed by atoms with Crippen LogP contribution >= 0.6 is 11.6 Å². The minimum atomic E-state index is -0.547. The summed E-state index contributed by atoms with van der Waals surface area (Å²) in [4.78, 5) is 26.0. The topological polar surface area (TPSA) is 49.4 Å². The zero-order valence-corrected chi connectivity index (χ0v) is 13.5. The number of amides is 2. The quantitative estimate of drug-likeness (QED) is 0.872. The Morgan fingerprint density at radius 3 is 2.57 bits per heavy atom. The van der Waals surface area contributed by atoms with Gasteiger partial charge in [0.1, 0.15) is 6.04 Å². The van der Waals surface area contributed by atoms with E-state index in [-0.39, 0.29) is 18.2 Å². The summed E-state index contributed by atoms with van der Waals surface area (Å²) in [5, 5.41) is 3.64. The van der Waals surface area contributed by atoms with Crippen LogP contribution in [0.1, 0.15) is 18.9 Å². The fourth-order valence-corrected chi connectivity index (χ4v) is 2.85. The molecule has 2 amide bonds. The molecule has 1 aliphatic heterocycles. The number of nitrogens with one attached hydrogen (secondary N) is 1. The normalized spacial score (nSPS) is 17.7. The minimum absolute atomic E-state index is 0.140. The number of imide groups is 1. The molecular weight excluding hydrogens is 312 g/mol. The Morgan fingerprint density at radius 1 is 1.17 bits per heavy atom. The Bertz CT molecular complexity index is 743. The first-order chi connectivity index (χ1) is 11.1. The summed E-state index contributed by atoms with van der Waals surface area (Å²) in [6.07, 6.45) is 1.10. The Morgan fingerprint density at radius 2 is 1.91 bits per heavy atom. The van der Waals surface area contributed by atoms with Crippen LogP contribution in [0.25, 0.3) is 0 Å². The van der Waals surface area contributed by atoms with E-state index in [0.717, 1.165) is 12.1 Å². The molecule has 2 aromatic rings. The zero-order valence-electron chi connectivity index (χ0n) is 12.8. The summed E-state index contributed by atoms with van der Waals surface area (Å²) in [7, 11) is 0. The number of hydrogen-bond acceptors (Lipinski definition) is 3. The monoisotopic (exact) mass is 328 g/mol. The largest absolute Gasteiger partial charge is 0.373 e. The van der Waals surface area contributed by atoms with Crippen molar-refractivity contribution in [2.24, 2.45) is 0 Å². The molecule has 1 aliphatic rings. The van der Waals surface area contributed by atoms with Gasteiger partial charge in [-0.3, -0.25) is 9.59 Å². The second kappa shape index (κ2) is 6.42. The van der Waals surface area contributed by atoms with E-state index in [1.807, 2.05) is 24.3 Å². The van der Waals surface area contributed by atoms with Crippen LogP contribution in [-0.4, -0.2) is 17.9 Å². The number of aryl methyl sites for hydroxylation is 1. The molecule has 0 saturated carbocycles. The number of rotatable bonds is 4. The van der Waals surface area contributed by atoms with Crippen LogP contribution in [0.3, 0.4) is 0 Å². The van der Waals surface area contributed by atoms with E-state index in [0.29, 0.717) is 10.7 Å². The lowest BCUT2D eigenvalue weighted by Gasteiger charge is -2.16. The molecule has 0 spiro atoms. The number of anilines is 2. The second-order valence-corrected chi connectivity index (χ2v) is 5.94. The number of halogens is 1. The highest BCUT2D eigenvalue weighted by molar-refractivity contribution is 6.31. The molecule has 23 heavy (non-hydrogen) atoms. The first-order valence-electron chi connectivity index (χ1n) is 7.56. The third-order valence-corrected chi connectivity index (χ3v) is 4.15. The average molecular weight is 329 g/mol. The van der Waals surface area contributed by atoms with E-state index >= 15 is 0 Å². The van der Waals surface area contributed by atoms with Crippen molar-refractivity contribution in [3.05, 3.63) is 59.1 Å².